The summed E-state index contributed by atoms with van der Waals surface area (Å²) in [4.78, 5) is 14.9. The molecule has 2 aliphatic heterocycles. The number of rotatable bonds is 4. The van der Waals surface area contributed by atoms with Crippen LogP contribution in [0.4, 0.5) is 0 Å². The zero-order valence-corrected chi connectivity index (χ0v) is 14.2. The number of halogens is 1. The van der Waals surface area contributed by atoms with E-state index in [-0.39, 0.29) is 11.8 Å². The van der Waals surface area contributed by atoms with Crippen LogP contribution in [0.25, 0.3) is 0 Å². The van der Waals surface area contributed by atoms with E-state index in [2.05, 4.69) is 16.3 Å². The number of likely N-dealkylation sites (tertiary alicyclic amines) is 1. The SMILES string of the molecule is O=C(NC1CCOCC1)C1CCCN(Cc2cccc(Cl)c2)C1. The van der Waals surface area contributed by atoms with E-state index in [1.807, 2.05) is 18.2 Å². The molecule has 126 valence electrons. The van der Waals surface area contributed by atoms with Crippen LogP contribution in [0.2, 0.25) is 5.02 Å². The summed E-state index contributed by atoms with van der Waals surface area (Å²) in [6.07, 6.45) is 3.93. The van der Waals surface area contributed by atoms with Gasteiger partial charge in [-0.1, -0.05) is 23.7 Å². The second-order valence-corrected chi connectivity index (χ2v) is 7.04. The Morgan fingerprint density at radius 2 is 2.13 bits per heavy atom. The lowest BCUT2D eigenvalue weighted by atomic mass is 9.95. The Labute approximate surface area is 143 Å². The third-order valence-electron chi connectivity index (χ3n) is 4.74. The van der Waals surface area contributed by atoms with Gasteiger partial charge in [0.25, 0.3) is 0 Å². The van der Waals surface area contributed by atoms with Gasteiger partial charge >= 0.3 is 0 Å². The van der Waals surface area contributed by atoms with E-state index in [0.29, 0.717) is 6.04 Å². The maximum absolute atomic E-state index is 12.5. The summed E-state index contributed by atoms with van der Waals surface area (Å²) in [5, 5.41) is 3.99. The minimum atomic E-state index is 0.103. The Bertz CT molecular complexity index is 532. The lowest BCUT2D eigenvalue weighted by Crippen LogP contribution is -2.47. The Balaban J connectivity index is 1.52. The van der Waals surface area contributed by atoms with Crippen molar-refractivity contribution >= 4 is 17.5 Å². The molecule has 23 heavy (non-hydrogen) atoms. The Morgan fingerprint density at radius 1 is 1.30 bits per heavy atom. The molecule has 1 amide bonds. The second kappa shape index (κ2) is 8.13. The van der Waals surface area contributed by atoms with Crippen LogP contribution in [0.3, 0.4) is 0 Å². The van der Waals surface area contributed by atoms with Gasteiger partial charge in [0.2, 0.25) is 5.91 Å². The highest BCUT2D eigenvalue weighted by atomic mass is 35.5. The molecule has 1 atom stereocenters. The first kappa shape index (κ1) is 16.7. The van der Waals surface area contributed by atoms with Crippen LogP contribution in [0, 0.1) is 5.92 Å². The molecule has 0 radical (unpaired) electrons. The largest absolute Gasteiger partial charge is 0.381 e. The van der Waals surface area contributed by atoms with Crippen LogP contribution < -0.4 is 5.32 Å². The summed E-state index contributed by atoms with van der Waals surface area (Å²) in [6, 6.07) is 8.27. The maximum atomic E-state index is 12.5. The van der Waals surface area contributed by atoms with E-state index < -0.39 is 0 Å². The minimum absolute atomic E-state index is 0.103. The smallest absolute Gasteiger partial charge is 0.224 e. The van der Waals surface area contributed by atoms with Crippen LogP contribution in [0.5, 0.6) is 0 Å². The molecule has 0 bridgehead atoms. The summed E-state index contributed by atoms with van der Waals surface area (Å²) in [6.45, 7) is 4.27. The molecule has 2 aliphatic rings. The normalized spacial score (nSPS) is 23.6. The third-order valence-corrected chi connectivity index (χ3v) is 4.97. The van der Waals surface area contributed by atoms with Gasteiger partial charge in [0, 0.05) is 37.4 Å². The van der Waals surface area contributed by atoms with Crippen LogP contribution in [-0.2, 0) is 16.1 Å². The standard InChI is InChI=1S/C18H25ClN2O2/c19-16-5-1-3-14(11-16)12-21-8-2-4-15(13-21)18(22)20-17-6-9-23-10-7-17/h1,3,5,11,15,17H,2,4,6-10,12-13H2,(H,20,22). The van der Waals surface area contributed by atoms with Crippen molar-refractivity contribution in [2.45, 2.75) is 38.3 Å². The van der Waals surface area contributed by atoms with E-state index in [1.54, 1.807) is 0 Å². The first-order valence-electron chi connectivity index (χ1n) is 8.55. The quantitative estimate of drug-likeness (QED) is 0.919. The molecule has 1 aromatic rings. The van der Waals surface area contributed by atoms with Gasteiger partial charge in [-0.3, -0.25) is 9.69 Å². The third kappa shape index (κ3) is 4.93. The van der Waals surface area contributed by atoms with Gasteiger partial charge in [0.1, 0.15) is 0 Å². The summed E-state index contributed by atoms with van der Waals surface area (Å²) < 4.78 is 5.35. The van der Waals surface area contributed by atoms with Gasteiger partial charge in [0.05, 0.1) is 5.92 Å². The number of nitrogens with zero attached hydrogens (tertiary/aromatic N) is 1. The minimum Gasteiger partial charge on any atom is -0.381 e. The molecular weight excluding hydrogens is 312 g/mol. The average Bonchev–Trinajstić information content (AvgIpc) is 2.56. The number of carbonyl (C=O) groups is 1. The number of amides is 1. The fourth-order valence-electron chi connectivity index (χ4n) is 3.47. The zero-order valence-electron chi connectivity index (χ0n) is 13.5. The van der Waals surface area contributed by atoms with Crippen molar-refractivity contribution in [3.63, 3.8) is 0 Å². The number of nitrogens with one attached hydrogen (secondary N) is 1. The Morgan fingerprint density at radius 3 is 2.91 bits per heavy atom. The molecule has 0 aromatic heterocycles. The van der Waals surface area contributed by atoms with Gasteiger partial charge in [-0.15, -0.1) is 0 Å². The zero-order chi connectivity index (χ0) is 16.1. The molecule has 1 N–H and O–H groups in total. The predicted octanol–water partition coefficient (Wildman–Crippen LogP) is 2.85. The first-order chi connectivity index (χ1) is 11.2. The molecule has 5 heteroatoms. The molecule has 3 rings (SSSR count). The molecule has 1 unspecified atom stereocenters. The Kier molecular flexibility index (Phi) is 5.92. The predicted molar refractivity (Wildman–Crippen MR) is 91.4 cm³/mol. The average molecular weight is 337 g/mol. The van der Waals surface area contributed by atoms with Gasteiger partial charge in [-0.2, -0.15) is 0 Å². The number of benzene rings is 1. The lowest BCUT2D eigenvalue weighted by Gasteiger charge is -2.33. The molecule has 2 fully saturated rings. The van der Waals surface area contributed by atoms with Crippen molar-refractivity contribution in [2.24, 2.45) is 5.92 Å². The van der Waals surface area contributed by atoms with Gasteiger partial charge in [0.15, 0.2) is 0 Å². The molecule has 1 aromatic carbocycles. The molecule has 0 spiro atoms. The van der Waals surface area contributed by atoms with Crippen molar-refractivity contribution in [1.82, 2.24) is 10.2 Å². The van der Waals surface area contributed by atoms with Crippen molar-refractivity contribution in [2.75, 3.05) is 26.3 Å². The van der Waals surface area contributed by atoms with Crippen molar-refractivity contribution in [1.29, 1.82) is 0 Å². The number of hydrogen-bond acceptors (Lipinski definition) is 3. The highest BCUT2D eigenvalue weighted by Gasteiger charge is 2.27. The van der Waals surface area contributed by atoms with Crippen molar-refractivity contribution in [3.8, 4) is 0 Å². The lowest BCUT2D eigenvalue weighted by molar-refractivity contribution is -0.128. The summed E-state index contributed by atoms with van der Waals surface area (Å²) in [5.41, 5.74) is 1.21. The van der Waals surface area contributed by atoms with E-state index in [1.165, 1.54) is 5.56 Å². The van der Waals surface area contributed by atoms with E-state index in [9.17, 15) is 4.79 Å². The first-order valence-corrected chi connectivity index (χ1v) is 8.93. The van der Waals surface area contributed by atoms with Gasteiger partial charge < -0.3 is 10.1 Å². The summed E-state index contributed by atoms with van der Waals surface area (Å²) in [5.74, 6) is 0.318. The summed E-state index contributed by atoms with van der Waals surface area (Å²) >= 11 is 6.06. The number of ether oxygens (including phenoxy) is 1. The van der Waals surface area contributed by atoms with E-state index >= 15 is 0 Å². The number of hydrogen-bond donors (Lipinski definition) is 1. The maximum Gasteiger partial charge on any atom is 0.224 e. The molecule has 2 heterocycles. The molecule has 0 saturated carbocycles. The molecule has 4 nitrogen and oxygen atoms in total. The van der Waals surface area contributed by atoms with Crippen LogP contribution in [-0.4, -0.2) is 43.2 Å². The van der Waals surface area contributed by atoms with Crippen molar-refractivity contribution in [3.05, 3.63) is 34.9 Å². The van der Waals surface area contributed by atoms with E-state index in [4.69, 9.17) is 16.3 Å². The Hall–Kier alpha value is -1.10. The molecule has 2 saturated heterocycles. The number of piperidine rings is 1. The molecule has 0 aliphatic carbocycles. The molecular formula is C18H25ClN2O2. The fraction of sp³-hybridized carbons (Fsp3) is 0.611. The highest BCUT2D eigenvalue weighted by molar-refractivity contribution is 6.30. The van der Waals surface area contributed by atoms with Crippen molar-refractivity contribution < 1.29 is 9.53 Å². The van der Waals surface area contributed by atoms with Crippen LogP contribution in [0.1, 0.15) is 31.2 Å². The number of carbonyl (C=O) groups excluding carboxylic acids is 1. The fourth-order valence-corrected chi connectivity index (χ4v) is 3.68. The highest BCUT2D eigenvalue weighted by Crippen LogP contribution is 2.21. The van der Waals surface area contributed by atoms with Crippen LogP contribution in [0.15, 0.2) is 24.3 Å². The van der Waals surface area contributed by atoms with E-state index in [0.717, 1.165) is 63.6 Å². The summed E-state index contributed by atoms with van der Waals surface area (Å²) in [7, 11) is 0. The topological polar surface area (TPSA) is 41.6 Å². The van der Waals surface area contributed by atoms with Gasteiger partial charge in [-0.05, 0) is 49.9 Å². The van der Waals surface area contributed by atoms with Gasteiger partial charge in [-0.25, -0.2) is 0 Å². The monoisotopic (exact) mass is 336 g/mol. The second-order valence-electron chi connectivity index (χ2n) is 6.60. The van der Waals surface area contributed by atoms with Crippen LogP contribution >= 0.6 is 11.6 Å².